The van der Waals surface area contributed by atoms with E-state index in [0.29, 0.717) is 0 Å². The number of rotatable bonds is 6. The van der Waals surface area contributed by atoms with E-state index in [1.165, 1.54) is 42.5 Å². The van der Waals surface area contributed by atoms with Crippen LogP contribution in [-0.2, 0) is 4.79 Å². The molecule has 0 saturated carbocycles. The summed E-state index contributed by atoms with van der Waals surface area (Å²) < 4.78 is 5.14. The SMILES string of the molecule is O=C(COc1ccccc1[N+](=O)[O-])NC(=S)Nc1ccc(Cl)cc1C(=O)O. The van der Waals surface area contributed by atoms with Gasteiger partial charge in [-0.15, -0.1) is 0 Å². The van der Waals surface area contributed by atoms with Gasteiger partial charge in [-0.05, 0) is 36.5 Å². The highest BCUT2D eigenvalue weighted by atomic mass is 35.5. The molecule has 0 bridgehead atoms. The molecular weight excluding hydrogens is 398 g/mol. The van der Waals surface area contributed by atoms with Crippen LogP contribution in [0, 0.1) is 10.1 Å². The van der Waals surface area contributed by atoms with Crippen LogP contribution in [0.2, 0.25) is 5.02 Å². The number of hydrogen-bond donors (Lipinski definition) is 3. The third-order valence-corrected chi connectivity index (χ3v) is 3.57. The number of ether oxygens (including phenoxy) is 1. The van der Waals surface area contributed by atoms with Crippen molar-refractivity contribution in [1.82, 2.24) is 5.32 Å². The third kappa shape index (κ3) is 5.62. The normalized spacial score (nSPS) is 9.96. The average Bonchev–Trinajstić information content (AvgIpc) is 2.61. The minimum atomic E-state index is -1.23. The van der Waals surface area contributed by atoms with Crippen molar-refractivity contribution in [3.63, 3.8) is 0 Å². The molecule has 1 amide bonds. The second-order valence-electron chi connectivity index (χ2n) is 5.01. The molecule has 11 heteroatoms. The van der Waals surface area contributed by atoms with Gasteiger partial charge in [0.1, 0.15) is 0 Å². The zero-order chi connectivity index (χ0) is 20.0. The fourth-order valence-corrected chi connectivity index (χ4v) is 2.39. The average molecular weight is 410 g/mol. The molecular formula is C16H12ClN3O6S. The molecule has 0 aliphatic heterocycles. The number of nitro groups is 1. The van der Waals surface area contributed by atoms with Gasteiger partial charge in [0.05, 0.1) is 16.2 Å². The highest BCUT2D eigenvalue weighted by molar-refractivity contribution is 7.80. The summed E-state index contributed by atoms with van der Waals surface area (Å²) >= 11 is 10.7. The first-order valence-electron chi connectivity index (χ1n) is 7.28. The van der Waals surface area contributed by atoms with Gasteiger partial charge >= 0.3 is 11.7 Å². The minimum absolute atomic E-state index is 0.0672. The Morgan fingerprint density at radius 2 is 1.96 bits per heavy atom. The molecule has 0 radical (unpaired) electrons. The lowest BCUT2D eigenvalue weighted by Crippen LogP contribution is -2.37. The number of carbonyl (C=O) groups is 2. The number of nitrogens with zero attached hydrogens (tertiary/aromatic N) is 1. The van der Waals surface area contributed by atoms with E-state index in [0.717, 1.165) is 0 Å². The number of para-hydroxylation sites is 2. The number of amides is 1. The molecule has 0 heterocycles. The van der Waals surface area contributed by atoms with E-state index in [-0.39, 0.29) is 32.8 Å². The van der Waals surface area contributed by atoms with E-state index >= 15 is 0 Å². The maximum absolute atomic E-state index is 11.9. The number of halogens is 1. The van der Waals surface area contributed by atoms with Crippen LogP contribution in [0.4, 0.5) is 11.4 Å². The molecule has 140 valence electrons. The second-order valence-corrected chi connectivity index (χ2v) is 5.86. The van der Waals surface area contributed by atoms with Gasteiger partial charge < -0.3 is 15.2 Å². The predicted octanol–water partition coefficient (Wildman–Crippen LogP) is 2.84. The van der Waals surface area contributed by atoms with Crippen LogP contribution in [-0.4, -0.2) is 33.6 Å². The lowest BCUT2D eigenvalue weighted by molar-refractivity contribution is -0.385. The smallest absolute Gasteiger partial charge is 0.337 e. The number of carboxylic acid groups (broad SMARTS) is 1. The van der Waals surface area contributed by atoms with Gasteiger partial charge in [-0.2, -0.15) is 0 Å². The van der Waals surface area contributed by atoms with Gasteiger partial charge in [-0.25, -0.2) is 4.79 Å². The molecule has 0 aromatic heterocycles. The number of thiocarbonyl (C=S) groups is 1. The van der Waals surface area contributed by atoms with E-state index in [4.69, 9.17) is 33.7 Å². The Bertz CT molecular complexity index is 921. The zero-order valence-electron chi connectivity index (χ0n) is 13.5. The lowest BCUT2D eigenvalue weighted by atomic mass is 10.2. The zero-order valence-corrected chi connectivity index (χ0v) is 15.0. The van der Waals surface area contributed by atoms with Gasteiger partial charge in [-0.3, -0.25) is 20.2 Å². The van der Waals surface area contributed by atoms with Crippen molar-refractivity contribution in [2.45, 2.75) is 0 Å². The van der Waals surface area contributed by atoms with Gasteiger partial charge in [0.15, 0.2) is 17.5 Å². The Morgan fingerprint density at radius 1 is 1.26 bits per heavy atom. The summed E-state index contributed by atoms with van der Waals surface area (Å²) in [7, 11) is 0. The molecule has 0 atom stereocenters. The summed E-state index contributed by atoms with van der Waals surface area (Å²) in [5.74, 6) is -1.98. The Kier molecular flexibility index (Phi) is 6.63. The molecule has 2 rings (SSSR count). The van der Waals surface area contributed by atoms with Crippen molar-refractivity contribution in [3.05, 3.63) is 63.2 Å². The Morgan fingerprint density at radius 3 is 2.63 bits per heavy atom. The fourth-order valence-electron chi connectivity index (χ4n) is 1.99. The first-order chi connectivity index (χ1) is 12.8. The number of nitrogens with one attached hydrogen (secondary N) is 2. The van der Waals surface area contributed by atoms with Gasteiger partial charge in [0, 0.05) is 11.1 Å². The number of hydrogen-bond acceptors (Lipinski definition) is 6. The van der Waals surface area contributed by atoms with Gasteiger partial charge in [-0.1, -0.05) is 23.7 Å². The van der Waals surface area contributed by atoms with Crippen LogP contribution in [0.15, 0.2) is 42.5 Å². The molecule has 0 aliphatic rings. The van der Waals surface area contributed by atoms with Gasteiger partial charge in [0.2, 0.25) is 0 Å². The summed E-state index contributed by atoms with van der Waals surface area (Å²) in [5.41, 5.74) is -0.273. The highest BCUT2D eigenvalue weighted by Gasteiger charge is 2.16. The summed E-state index contributed by atoms with van der Waals surface area (Å²) in [6.07, 6.45) is 0. The van der Waals surface area contributed by atoms with Crippen molar-refractivity contribution < 1.29 is 24.4 Å². The molecule has 0 unspecified atom stereocenters. The molecule has 0 saturated heterocycles. The topological polar surface area (TPSA) is 131 Å². The number of aromatic carboxylic acids is 1. The van der Waals surface area contributed by atoms with Crippen LogP contribution >= 0.6 is 23.8 Å². The fraction of sp³-hybridized carbons (Fsp3) is 0.0625. The number of nitro benzene ring substituents is 1. The minimum Gasteiger partial charge on any atom is -0.478 e. The van der Waals surface area contributed by atoms with Crippen molar-refractivity contribution in [1.29, 1.82) is 0 Å². The first-order valence-corrected chi connectivity index (χ1v) is 8.06. The molecule has 27 heavy (non-hydrogen) atoms. The van der Waals surface area contributed by atoms with E-state index in [1.807, 2.05) is 0 Å². The molecule has 0 fully saturated rings. The van der Waals surface area contributed by atoms with Crippen LogP contribution in [0.25, 0.3) is 0 Å². The standard InChI is InChI=1S/C16H12ClN3O6S/c17-9-5-6-11(10(7-9)15(22)23)18-16(27)19-14(21)8-26-13-4-2-1-3-12(13)20(24)25/h1-7H,8H2,(H,22,23)(H2,18,19,21,27). The maximum atomic E-state index is 11.9. The summed E-state index contributed by atoms with van der Waals surface area (Å²) in [6.45, 7) is -0.529. The molecule has 3 N–H and O–H groups in total. The van der Waals surface area contributed by atoms with Crippen molar-refractivity contribution in [2.75, 3.05) is 11.9 Å². The molecule has 2 aromatic rings. The van der Waals surface area contributed by atoms with E-state index < -0.39 is 23.4 Å². The molecule has 9 nitrogen and oxygen atoms in total. The van der Waals surface area contributed by atoms with Crippen molar-refractivity contribution in [3.8, 4) is 5.75 Å². The van der Waals surface area contributed by atoms with E-state index in [2.05, 4.69) is 10.6 Å². The van der Waals surface area contributed by atoms with E-state index in [1.54, 1.807) is 0 Å². The maximum Gasteiger partial charge on any atom is 0.337 e. The van der Waals surface area contributed by atoms with Crippen LogP contribution in [0.5, 0.6) is 5.75 Å². The Hall–Kier alpha value is -3.24. The number of carboxylic acids is 1. The predicted molar refractivity (Wildman–Crippen MR) is 101 cm³/mol. The number of benzene rings is 2. The van der Waals surface area contributed by atoms with Crippen LogP contribution in [0.1, 0.15) is 10.4 Å². The summed E-state index contributed by atoms with van der Waals surface area (Å²) in [6, 6.07) is 9.68. The quantitative estimate of drug-likeness (QED) is 0.377. The monoisotopic (exact) mass is 409 g/mol. The lowest BCUT2D eigenvalue weighted by Gasteiger charge is -2.12. The van der Waals surface area contributed by atoms with Gasteiger partial charge in [0.25, 0.3) is 5.91 Å². The Labute approximate surface area is 163 Å². The van der Waals surface area contributed by atoms with Crippen molar-refractivity contribution >= 4 is 52.2 Å². The molecule has 2 aromatic carbocycles. The molecule has 0 spiro atoms. The number of carbonyl (C=O) groups excluding carboxylic acids is 1. The van der Waals surface area contributed by atoms with E-state index in [9.17, 15) is 19.7 Å². The number of anilines is 1. The van der Waals surface area contributed by atoms with Crippen LogP contribution in [0.3, 0.4) is 0 Å². The molecule has 0 aliphatic carbocycles. The largest absolute Gasteiger partial charge is 0.478 e. The third-order valence-electron chi connectivity index (χ3n) is 3.13. The second kappa shape index (κ2) is 8.92. The summed E-state index contributed by atoms with van der Waals surface area (Å²) in [5, 5.41) is 25.0. The highest BCUT2D eigenvalue weighted by Crippen LogP contribution is 2.25. The first kappa shape index (κ1) is 20.1. The Balaban J connectivity index is 1.96. The van der Waals surface area contributed by atoms with Crippen molar-refractivity contribution in [2.24, 2.45) is 0 Å². The van der Waals surface area contributed by atoms with Crippen LogP contribution < -0.4 is 15.4 Å². The summed E-state index contributed by atoms with van der Waals surface area (Å²) in [4.78, 5) is 33.4.